The van der Waals surface area contributed by atoms with Crippen LogP contribution in [0.15, 0.2) is 66.7 Å². The topological polar surface area (TPSA) is 150 Å². The van der Waals surface area contributed by atoms with E-state index >= 15 is 0 Å². The standard InChI is InChI=1S/C25H22N4O4.CH4O/c26-24(27)17-8-9-22-20(13-17)19-6-1-2-7-21(19)29(22)14-16-4-3-5-18(12-16)25(33)28(10-11-30)15-23(31)32;1-2/h1-9,11-13H,10,14-15H2,(H3,26,27)(H,31,32);2H,1H3. The zero-order valence-corrected chi connectivity index (χ0v) is 19.1. The van der Waals surface area contributed by atoms with Crippen LogP contribution >= 0.6 is 0 Å². The summed E-state index contributed by atoms with van der Waals surface area (Å²) < 4.78 is 2.12. The number of rotatable bonds is 8. The highest BCUT2D eigenvalue weighted by Crippen LogP contribution is 2.30. The van der Waals surface area contributed by atoms with Crippen molar-refractivity contribution in [3.8, 4) is 0 Å². The molecule has 4 rings (SSSR count). The first kappa shape index (κ1) is 25.1. The van der Waals surface area contributed by atoms with E-state index in [2.05, 4.69) is 4.57 Å². The van der Waals surface area contributed by atoms with Gasteiger partial charge in [-0.3, -0.25) is 15.0 Å². The van der Waals surface area contributed by atoms with Gasteiger partial charge in [0.1, 0.15) is 18.7 Å². The number of carbonyl (C=O) groups is 3. The van der Waals surface area contributed by atoms with Crippen LogP contribution in [0.5, 0.6) is 0 Å². The van der Waals surface area contributed by atoms with E-state index in [-0.39, 0.29) is 12.4 Å². The minimum atomic E-state index is -1.18. The lowest BCUT2D eigenvalue weighted by atomic mass is 10.1. The minimum Gasteiger partial charge on any atom is -0.480 e. The van der Waals surface area contributed by atoms with Crippen molar-refractivity contribution in [2.75, 3.05) is 20.2 Å². The highest BCUT2D eigenvalue weighted by molar-refractivity contribution is 6.10. The Balaban J connectivity index is 0.00000167. The second-order valence-electron chi connectivity index (χ2n) is 7.70. The molecule has 0 atom stereocenters. The largest absolute Gasteiger partial charge is 0.480 e. The van der Waals surface area contributed by atoms with Crippen molar-refractivity contribution in [2.45, 2.75) is 6.54 Å². The highest BCUT2D eigenvalue weighted by atomic mass is 16.4. The molecule has 0 bridgehead atoms. The fraction of sp³-hybridized carbons (Fsp3) is 0.154. The normalized spacial score (nSPS) is 10.5. The third-order valence-electron chi connectivity index (χ3n) is 5.51. The van der Waals surface area contributed by atoms with E-state index in [0.29, 0.717) is 24.0 Å². The Morgan fingerprint density at radius 2 is 1.69 bits per heavy atom. The van der Waals surface area contributed by atoms with Gasteiger partial charge < -0.3 is 30.2 Å². The number of nitrogens with two attached hydrogens (primary N) is 1. The molecule has 0 unspecified atom stereocenters. The average Bonchev–Trinajstić information content (AvgIpc) is 3.17. The van der Waals surface area contributed by atoms with E-state index < -0.39 is 18.4 Å². The number of amides is 1. The maximum Gasteiger partial charge on any atom is 0.323 e. The monoisotopic (exact) mass is 474 g/mol. The summed E-state index contributed by atoms with van der Waals surface area (Å²) in [6, 6.07) is 20.5. The summed E-state index contributed by atoms with van der Waals surface area (Å²) >= 11 is 0. The fourth-order valence-corrected chi connectivity index (χ4v) is 4.03. The van der Waals surface area contributed by atoms with Crippen LogP contribution in [0.2, 0.25) is 0 Å². The molecule has 180 valence electrons. The molecule has 1 heterocycles. The third-order valence-corrected chi connectivity index (χ3v) is 5.51. The number of nitrogens with zero attached hydrogens (tertiary/aromatic N) is 2. The average molecular weight is 475 g/mol. The Kier molecular flexibility index (Phi) is 7.96. The van der Waals surface area contributed by atoms with Crippen molar-refractivity contribution in [3.05, 3.63) is 83.4 Å². The molecule has 0 saturated carbocycles. The smallest absolute Gasteiger partial charge is 0.323 e. The number of aldehydes is 1. The molecule has 0 spiro atoms. The van der Waals surface area contributed by atoms with Crippen molar-refractivity contribution >= 4 is 45.8 Å². The molecule has 0 radical (unpaired) electrons. The number of benzene rings is 3. The number of carboxylic acid groups (broad SMARTS) is 1. The van der Waals surface area contributed by atoms with Gasteiger partial charge in [-0.25, -0.2) is 0 Å². The lowest BCUT2D eigenvalue weighted by molar-refractivity contribution is -0.137. The van der Waals surface area contributed by atoms with Crippen molar-refractivity contribution < 1.29 is 24.6 Å². The number of aromatic nitrogens is 1. The van der Waals surface area contributed by atoms with Gasteiger partial charge in [-0.05, 0) is 42.0 Å². The maximum absolute atomic E-state index is 12.8. The van der Waals surface area contributed by atoms with Crippen LogP contribution in [-0.4, -0.2) is 63.9 Å². The van der Waals surface area contributed by atoms with E-state index in [1.165, 1.54) is 0 Å². The number of fused-ring (bicyclic) bond motifs is 3. The summed E-state index contributed by atoms with van der Waals surface area (Å²) in [5.74, 6) is -1.70. The Morgan fingerprint density at radius 3 is 2.37 bits per heavy atom. The van der Waals surface area contributed by atoms with E-state index in [9.17, 15) is 14.4 Å². The van der Waals surface area contributed by atoms with Crippen LogP contribution in [0, 0.1) is 5.41 Å². The van der Waals surface area contributed by atoms with E-state index in [0.717, 1.165) is 39.4 Å². The van der Waals surface area contributed by atoms with Gasteiger partial charge in [-0.2, -0.15) is 0 Å². The molecule has 3 aromatic carbocycles. The van der Waals surface area contributed by atoms with E-state index in [4.69, 9.17) is 21.4 Å². The number of hydrogen-bond acceptors (Lipinski definition) is 5. The molecule has 9 nitrogen and oxygen atoms in total. The minimum absolute atomic E-state index is 0.00110. The zero-order valence-electron chi connectivity index (χ0n) is 19.1. The molecule has 1 amide bonds. The van der Waals surface area contributed by atoms with E-state index in [1.54, 1.807) is 18.2 Å². The number of para-hydroxylation sites is 1. The number of aliphatic carboxylic acids is 1. The number of hydrogen-bond donors (Lipinski definition) is 4. The molecule has 0 saturated heterocycles. The molecule has 0 aliphatic carbocycles. The molecule has 0 fully saturated rings. The van der Waals surface area contributed by atoms with Gasteiger partial charge in [0.2, 0.25) is 0 Å². The molecule has 0 aliphatic heterocycles. The van der Waals surface area contributed by atoms with Gasteiger partial charge in [0.15, 0.2) is 0 Å². The second kappa shape index (κ2) is 11.1. The molecule has 1 aromatic heterocycles. The molecular weight excluding hydrogens is 448 g/mol. The van der Waals surface area contributed by atoms with Crippen LogP contribution < -0.4 is 5.73 Å². The van der Waals surface area contributed by atoms with Crippen LogP contribution in [-0.2, 0) is 16.1 Å². The van der Waals surface area contributed by atoms with Crippen LogP contribution in [0.3, 0.4) is 0 Å². The van der Waals surface area contributed by atoms with Gasteiger partial charge in [0.25, 0.3) is 5.91 Å². The Hall–Kier alpha value is -4.50. The SMILES string of the molecule is CO.N=C(N)c1ccc2c(c1)c1ccccc1n2Cc1cccc(C(=O)N(CC=O)CC(=O)O)c1. The number of aliphatic hydroxyl groups is 1. The first-order valence-electron chi connectivity index (χ1n) is 10.7. The van der Waals surface area contributed by atoms with Crippen molar-refractivity contribution in [1.82, 2.24) is 9.47 Å². The van der Waals surface area contributed by atoms with Gasteiger partial charge in [-0.15, -0.1) is 0 Å². The summed E-state index contributed by atoms with van der Waals surface area (Å²) in [6.07, 6.45) is 0.512. The lowest BCUT2D eigenvalue weighted by Gasteiger charge is -2.18. The number of nitrogen functional groups attached to an aromatic ring is 1. The van der Waals surface area contributed by atoms with Gasteiger partial charge in [0, 0.05) is 46.6 Å². The Labute approximate surface area is 201 Å². The number of amidine groups is 1. The fourth-order valence-electron chi connectivity index (χ4n) is 4.03. The van der Waals surface area contributed by atoms with Crippen molar-refractivity contribution in [3.63, 3.8) is 0 Å². The first-order chi connectivity index (χ1) is 16.9. The summed E-state index contributed by atoms with van der Waals surface area (Å²) in [5, 5.41) is 25.8. The van der Waals surface area contributed by atoms with Crippen molar-refractivity contribution in [2.24, 2.45) is 5.73 Å². The quantitative estimate of drug-likeness (QED) is 0.175. The summed E-state index contributed by atoms with van der Waals surface area (Å²) in [5.41, 5.74) is 9.45. The lowest BCUT2D eigenvalue weighted by Crippen LogP contribution is -2.37. The highest BCUT2D eigenvalue weighted by Gasteiger charge is 2.19. The summed E-state index contributed by atoms with van der Waals surface area (Å²) in [7, 11) is 1.00. The number of nitrogens with one attached hydrogen (secondary N) is 1. The molecule has 4 aromatic rings. The van der Waals surface area contributed by atoms with Gasteiger partial charge in [0.05, 0.1) is 6.54 Å². The Morgan fingerprint density at radius 1 is 0.971 bits per heavy atom. The predicted molar refractivity (Wildman–Crippen MR) is 134 cm³/mol. The first-order valence-corrected chi connectivity index (χ1v) is 10.7. The molecule has 0 aliphatic rings. The predicted octanol–water partition coefficient (Wildman–Crippen LogP) is 2.46. The van der Waals surface area contributed by atoms with Crippen molar-refractivity contribution in [1.29, 1.82) is 5.41 Å². The molecule has 5 N–H and O–H groups in total. The van der Waals surface area contributed by atoms with Gasteiger partial charge >= 0.3 is 5.97 Å². The summed E-state index contributed by atoms with van der Waals surface area (Å²) in [6.45, 7) is -0.370. The maximum atomic E-state index is 12.8. The zero-order chi connectivity index (χ0) is 25.5. The number of aliphatic hydroxyl groups excluding tert-OH is 1. The van der Waals surface area contributed by atoms with Crippen LogP contribution in [0.4, 0.5) is 0 Å². The van der Waals surface area contributed by atoms with Gasteiger partial charge in [-0.1, -0.05) is 30.3 Å². The third kappa shape index (κ3) is 5.36. The van der Waals surface area contributed by atoms with E-state index in [1.807, 2.05) is 48.5 Å². The van der Waals surface area contributed by atoms with Crippen LogP contribution in [0.25, 0.3) is 21.8 Å². The molecule has 35 heavy (non-hydrogen) atoms. The molecule has 9 heteroatoms. The second-order valence-corrected chi connectivity index (χ2v) is 7.70. The number of carbonyl (C=O) groups excluding carboxylic acids is 2. The molecular formula is C26H26N4O5. The Bertz CT molecular complexity index is 1410. The van der Waals surface area contributed by atoms with Crippen LogP contribution in [0.1, 0.15) is 21.5 Å². The summed E-state index contributed by atoms with van der Waals surface area (Å²) in [4.78, 5) is 35.8. The number of carboxylic acids is 1.